The van der Waals surface area contributed by atoms with Crippen molar-refractivity contribution < 1.29 is 9.47 Å². The first-order valence-electron chi connectivity index (χ1n) is 10.3. The Morgan fingerprint density at radius 2 is 1.82 bits per heavy atom. The smallest absolute Gasteiger partial charge is 0.266 e. The van der Waals surface area contributed by atoms with Crippen LogP contribution in [-0.4, -0.2) is 28.8 Å². The van der Waals surface area contributed by atoms with Crippen molar-refractivity contribution >= 4 is 56.5 Å². The highest BCUT2D eigenvalue weighted by Gasteiger charge is 2.15. The molecule has 2 heterocycles. The van der Waals surface area contributed by atoms with Crippen LogP contribution in [0.2, 0.25) is 0 Å². The van der Waals surface area contributed by atoms with Crippen LogP contribution < -0.4 is 15.0 Å². The molecule has 0 atom stereocenters. The summed E-state index contributed by atoms with van der Waals surface area (Å²) in [4.78, 5) is 21.7. The number of nitrogens with one attached hydrogen (secondary N) is 1. The number of rotatable bonds is 5. The first-order chi connectivity index (χ1) is 16.1. The lowest BCUT2D eigenvalue weighted by Gasteiger charge is -2.14. The Bertz CT molecular complexity index is 1580. The minimum absolute atomic E-state index is 0.150. The van der Waals surface area contributed by atoms with Gasteiger partial charge in [-0.15, -0.1) is 0 Å². The van der Waals surface area contributed by atoms with Gasteiger partial charge >= 0.3 is 0 Å². The Kier molecular flexibility index (Phi) is 5.63. The Hall–Kier alpha value is -3.59. The summed E-state index contributed by atoms with van der Waals surface area (Å²) in [6, 6.07) is 19.0. The lowest BCUT2D eigenvalue weighted by atomic mass is 10.1. The van der Waals surface area contributed by atoms with Crippen molar-refractivity contribution in [3.05, 3.63) is 92.2 Å². The van der Waals surface area contributed by atoms with Gasteiger partial charge in [0, 0.05) is 26.2 Å². The largest absolute Gasteiger partial charge is 0.497 e. The number of hydrogen-bond donors (Lipinski definition) is 1. The molecule has 0 radical (unpaired) electrons. The molecule has 1 N–H and O–H groups in total. The molecular weight excluding hydrogens is 529 g/mol. The molecule has 5 rings (SSSR count). The molecule has 0 unspecified atom stereocenters. The number of nitrogens with zero attached hydrogens (tertiary/aromatic N) is 2. The third-order valence-corrected chi connectivity index (χ3v) is 6.19. The van der Waals surface area contributed by atoms with E-state index in [1.807, 2.05) is 79.0 Å². The van der Waals surface area contributed by atoms with E-state index >= 15 is 0 Å². The molecule has 7 heteroatoms. The van der Waals surface area contributed by atoms with Crippen molar-refractivity contribution in [3.63, 3.8) is 0 Å². The number of ether oxygens (including phenoxy) is 2. The highest BCUT2D eigenvalue weighted by Crippen LogP contribution is 2.27. The highest BCUT2D eigenvalue weighted by molar-refractivity contribution is 14.1. The number of aromatic amines is 1. The number of hydrogen-bond acceptors (Lipinski definition) is 4. The van der Waals surface area contributed by atoms with E-state index in [1.54, 1.807) is 18.8 Å². The fourth-order valence-electron chi connectivity index (χ4n) is 3.88. The molecule has 0 spiro atoms. The molecule has 3 aromatic carbocycles. The zero-order chi connectivity index (χ0) is 22.9. The molecule has 0 aliphatic heterocycles. The third-order valence-electron chi connectivity index (χ3n) is 5.52. The quantitative estimate of drug-likeness (QED) is 0.288. The molecule has 0 aliphatic rings. The summed E-state index contributed by atoms with van der Waals surface area (Å²) in [5.41, 5.74) is 3.10. The first-order valence-corrected chi connectivity index (χ1v) is 11.4. The molecule has 0 saturated carbocycles. The molecule has 2 aromatic heterocycles. The summed E-state index contributed by atoms with van der Waals surface area (Å²) >= 11 is 2.20. The van der Waals surface area contributed by atoms with Crippen LogP contribution in [0.3, 0.4) is 0 Å². The summed E-state index contributed by atoms with van der Waals surface area (Å²) in [6.07, 6.45) is 5.73. The Morgan fingerprint density at radius 1 is 0.970 bits per heavy atom. The van der Waals surface area contributed by atoms with Gasteiger partial charge < -0.3 is 14.5 Å². The Morgan fingerprint density at radius 3 is 2.64 bits per heavy atom. The second kappa shape index (κ2) is 8.74. The highest BCUT2D eigenvalue weighted by atomic mass is 127. The van der Waals surface area contributed by atoms with Gasteiger partial charge in [0.1, 0.15) is 17.3 Å². The van der Waals surface area contributed by atoms with Crippen molar-refractivity contribution in [3.8, 4) is 17.2 Å². The minimum atomic E-state index is -0.150. The molecule has 0 aliphatic carbocycles. The molecule has 0 bridgehead atoms. The van der Waals surface area contributed by atoms with Crippen molar-refractivity contribution in [2.24, 2.45) is 0 Å². The summed E-state index contributed by atoms with van der Waals surface area (Å²) in [6.45, 7) is 0. The molecule has 6 nitrogen and oxygen atoms in total. The monoisotopic (exact) mass is 549 g/mol. The summed E-state index contributed by atoms with van der Waals surface area (Å²) in [7, 11) is 3.24. The second-order valence-electron chi connectivity index (χ2n) is 7.43. The van der Waals surface area contributed by atoms with Crippen LogP contribution in [0.4, 0.5) is 0 Å². The molecule has 33 heavy (non-hydrogen) atoms. The van der Waals surface area contributed by atoms with Crippen molar-refractivity contribution in [1.82, 2.24) is 14.5 Å². The van der Waals surface area contributed by atoms with Crippen LogP contribution >= 0.6 is 22.6 Å². The summed E-state index contributed by atoms with van der Waals surface area (Å²) in [5.74, 6) is 1.88. The van der Waals surface area contributed by atoms with Crippen LogP contribution in [0.15, 0.2) is 71.7 Å². The van der Waals surface area contributed by atoms with Gasteiger partial charge in [-0.25, -0.2) is 4.98 Å². The number of fused-ring (bicyclic) bond motifs is 2. The average molecular weight is 549 g/mol. The molecule has 164 valence electrons. The van der Waals surface area contributed by atoms with Gasteiger partial charge in [-0.05, 0) is 83.3 Å². The predicted molar refractivity (Wildman–Crippen MR) is 140 cm³/mol. The first kappa shape index (κ1) is 21.3. The maximum absolute atomic E-state index is 13.6. The van der Waals surface area contributed by atoms with Crippen molar-refractivity contribution in [1.29, 1.82) is 0 Å². The van der Waals surface area contributed by atoms with Crippen molar-refractivity contribution in [2.45, 2.75) is 0 Å². The number of H-pyrrole nitrogens is 1. The van der Waals surface area contributed by atoms with Crippen LogP contribution in [0.1, 0.15) is 11.4 Å². The normalized spacial score (nSPS) is 11.5. The number of methoxy groups -OCH3 is 2. The predicted octanol–water partition coefficient (Wildman–Crippen LogP) is 5.66. The van der Waals surface area contributed by atoms with Gasteiger partial charge in [-0.3, -0.25) is 9.36 Å². The maximum atomic E-state index is 13.6. The van der Waals surface area contributed by atoms with Gasteiger partial charge in [0.15, 0.2) is 0 Å². The third kappa shape index (κ3) is 3.89. The molecule has 0 saturated heterocycles. The van der Waals surface area contributed by atoms with E-state index < -0.39 is 0 Å². The van der Waals surface area contributed by atoms with Crippen LogP contribution in [0.25, 0.3) is 39.6 Å². The lowest BCUT2D eigenvalue weighted by Crippen LogP contribution is -2.23. The number of aromatic nitrogens is 3. The van der Waals surface area contributed by atoms with Gasteiger partial charge in [-0.2, -0.15) is 0 Å². The van der Waals surface area contributed by atoms with E-state index in [1.165, 1.54) is 0 Å². The second-order valence-corrected chi connectivity index (χ2v) is 8.68. The SMILES string of the molecule is COc1ccc2[nH]cc(/C=C/c3nc4ccc(I)cc4c(=O)n3-c3ccccc3OC)c2c1. The van der Waals surface area contributed by atoms with E-state index in [0.29, 0.717) is 28.2 Å². The van der Waals surface area contributed by atoms with E-state index in [0.717, 1.165) is 25.8 Å². The molecule has 5 aromatic rings. The van der Waals surface area contributed by atoms with E-state index in [4.69, 9.17) is 14.5 Å². The minimum Gasteiger partial charge on any atom is -0.497 e. The maximum Gasteiger partial charge on any atom is 0.266 e. The fourth-order valence-corrected chi connectivity index (χ4v) is 4.38. The number of para-hydroxylation sites is 2. The van der Waals surface area contributed by atoms with E-state index in [9.17, 15) is 4.79 Å². The van der Waals surface area contributed by atoms with Crippen molar-refractivity contribution in [2.75, 3.05) is 14.2 Å². The van der Waals surface area contributed by atoms with E-state index in [2.05, 4.69) is 27.6 Å². The number of halogens is 1. The zero-order valence-corrected chi connectivity index (χ0v) is 20.2. The Balaban J connectivity index is 1.74. The number of benzene rings is 3. The van der Waals surface area contributed by atoms with Gasteiger partial charge in [0.05, 0.1) is 30.8 Å². The molecule has 0 amide bonds. The topological polar surface area (TPSA) is 69.1 Å². The van der Waals surface area contributed by atoms with Crippen LogP contribution in [0.5, 0.6) is 11.5 Å². The van der Waals surface area contributed by atoms with Crippen LogP contribution in [-0.2, 0) is 0 Å². The van der Waals surface area contributed by atoms with Gasteiger partial charge in [0.25, 0.3) is 5.56 Å². The van der Waals surface area contributed by atoms with Gasteiger partial charge in [0.2, 0.25) is 0 Å². The zero-order valence-electron chi connectivity index (χ0n) is 18.0. The Labute approximate surface area is 203 Å². The standard InChI is InChI=1S/C26H20IN3O3/c1-32-18-9-11-21-19(14-18)16(15-28-21)7-12-25-29-22-10-8-17(27)13-20(22)26(31)30(25)23-5-3-4-6-24(23)33-2/h3-15,28H,1-2H3/b12-7+. The molecular formula is C26H20IN3O3. The fraction of sp³-hybridized carbons (Fsp3) is 0.0769. The molecule has 0 fully saturated rings. The van der Waals surface area contributed by atoms with Crippen LogP contribution in [0, 0.1) is 3.57 Å². The van der Waals surface area contributed by atoms with E-state index in [-0.39, 0.29) is 5.56 Å². The summed E-state index contributed by atoms with van der Waals surface area (Å²) in [5, 5.41) is 1.58. The van der Waals surface area contributed by atoms with Gasteiger partial charge in [-0.1, -0.05) is 12.1 Å². The lowest BCUT2D eigenvalue weighted by molar-refractivity contribution is 0.412. The average Bonchev–Trinajstić information content (AvgIpc) is 3.25. The summed E-state index contributed by atoms with van der Waals surface area (Å²) < 4.78 is 13.5.